The maximum absolute atomic E-state index is 14.2. The molecule has 0 aliphatic carbocycles. The number of fused-ring (bicyclic) bond motifs is 1. The Morgan fingerprint density at radius 1 is 1.32 bits per heavy atom. The first-order valence-electron chi connectivity index (χ1n) is 6.41. The molecule has 0 saturated heterocycles. The molecule has 108 valence electrons. The summed E-state index contributed by atoms with van der Waals surface area (Å²) in [6.45, 7) is 0.135. The molecule has 0 fully saturated rings. The summed E-state index contributed by atoms with van der Waals surface area (Å²) in [5.74, 6) is -0.649. The van der Waals surface area contributed by atoms with Gasteiger partial charge in [-0.3, -0.25) is 9.78 Å². The summed E-state index contributed by atoms with van der Waals surface area (Å²) < 4.78 is 14.2. The maximum Gasteiger partial charge on any atom is 0.272 e. The number of nitrogens with one attached hydrogen (secondary N) is 1. The lowest BCUT2D eigenvalue weighted by molar-refractivity contribution is 0.625. The topological polar surface area (TPSA) is 108 Å². The Balaban J connectivity index is 2.30. The number of halogens is 1. The fraction of sp³-hybridized carbons (Fsp3) is 0.0667. The summed E-state index contributed by atoms with van der Waals surface area (Å²) in [5, 5.41) is 16.1. The highest BCUT2D eigenvalue weighted by atomic mass is 19.1. The van der Waals surface area contributed by atoms with E-state index in [0.717, 1.165) is 6.20 Å². The minimum atomic E-state index is -0.649. The van der Waals surface area contributed by atoms with E-state index in [0.29, 0.717) is 22.0 Å². The summed E-state index contributed by atoms with van der Waals surface area (Å²) in [7, 11) is 0. The third kappa shape index (κ3) is 2.12. The zero-order valence-corrected chi connectivity index (χ0v) is 11.3. The molecule has 1 aromatic carbocycles. The van der Waals surface area contributed by atoms with E-state index in [4.69, 9.17) is 11.0 Å². The van der Waals surface area contributed by atoms with Crippen LogP contribution in [0.15, 0.2) is 35.4 Å². The van der Waals surface area contributed by atoms with E-state index >= 15 is 0 Å². The van der Waals surface area contributed by atoms with E-state index in [9.17, 15) is 9.18 Å². The van der Waals surface area contributed by atoms with E-state index in [-0.39, 0.29) is 23.2 Å². The van der Waals surface area contributed by atoms with Crippen molar-refractivity contribution >= 4 is 10.8 Å². The van der Waals surface area contributed by atoms with Crippen LogP contribution in [0.25, 0.3) is 21.9 Å². The Morgan fingerprint density at radius 2 is 2.14 bits per heavy atom. The van der Waals surface area contributed by atoms with Gasteiger partial charge in [-0.05, 0) is 17.7 Å². The second-order valence-electron chi connectivity index (χ2n) is 4.62. The van der Waals surface area contributed by atoms with Crippen LogP contribution in [-0.4, -0.2) is 15.2 Å². The first-order valence-corrected chi connectivity index (χ1v) is 6.41. The molecule has 0 atom stereocenters. The summed E-state index contributed by atoms with van der Waals surface area (Å²) >= 11 is 0. The van der Waals surface area contributed by atoms with Gasteiger partial charge in [0.1, 0.15) is 11.6 Å². The average Bonchev–Trinajstić information content (AvgIpc) is 2.55. The Morgan fingerprint density at radius 3 is 2.86 bits per heavy atom. The third-order valence-electron chi connectivity index (χ3n) is 3.37. The van der Waals surface area contributed by atoms with E-state index in [1.165, 1.54) is 6.20 Å². The predicted molar refractivity (Wildman–Crippen MR) is 78.2 cm³/mol. The average molecular weight is 295 g/mol. The number of hydrogen-bond acceptors (Lipinski definition) is 5. The van der Waals surface area contributed by atoms with Crippen LogP contribution in [0.4, 0.5) is 4.39 Å². The number of nitrogens with two attached hydrogens (primary N) is 1. The van der Waals surface area contributed by atoms with Gasteiger partial charge in [-0.1, -0.05) is 6.07 Å². The quantitative estimate of drug-likeness (QED) is 0.744. The zero-order valence-electron chi connectivity index (χ0n) is 11.3. The minimum Gasteiger partial charge on any atom is -0.325 e. The van der Waals surface area contributed by atoms with Gasteiger partial charge in [0, 0.05) is 29.9 Å². The maximum atomic E-state index is 14.2. The molecule has 2 heterocycles. The monoisotopic (exact) mass is 295 g/mol. The van der Waals surface area contributed by atoms with Crippen molar-refractivity contribution in [2.45, 2.75) is 6.54 Å². The van der Waals surface area contributed by atoms with Crippen LogP contribution in [0.5, 0.6) is 0 Å². The van der Waals surface area contributed by atoms with Gasteiger partial charge >= 0.3 is 0 Å². The van der Waals surface area contributed by atoms with Crippen LogP contribution in [0, 0.1) is 17.1 Å². The van der Waals surface area contributed by atoms with Crippen LogP contribution >= 0.6 is 0 Å². The SMILES string of the molecule is N#Cc1cncc(-c2ccc3c(=O)[nH]nc(CN)c3c2)c1F. The summed E-state index contributed by atoms with van der Waals surface area (Å²) in [6.07, 6.45) is 2.50. The summed E-state index contributed by atoms with van der Waals surface area (Å²) in [6, 6.07) is 6.54. The minimum absolute atomic E-state index is 0.135. The second kappa shape index (κ2) is 5.35. The first kappa shape index (κ1) is 13.9. The summed E-state index contributed by atoms with van der Waals surface area (Å²) in [5.41, 5.74) is 6.32. The lowest BCUT2D eigenvalue weighted by Gasteiger charge is -2.07. The Hall–Kier alpha value is -3.11. The molecule has 0 aliphatic heterocycles. The van der Waals surface area contributed by atoms with Crippen molar-refractivity contribution in [2.24, 2.45) is 5.73 Å². The third-order valence-corrected chi connectivity index (χ3v) is 3.37. The van der Waals surface area contributed by atoms with E-state index in [1.807, 2.05) is 0 Å². The highest BCUT2D eigenvalue weighted by Gasteiger charge is 2.13. The van der Waals surface area contributed by atoms with Crippen molar-refractivity contribution in [3.05, 3.63) is 58.0 Å². The lowest BCUT2D eigenvalue weighted by Crippen LogP contribution is -2.13. The molecule has 3 N–H and O–H groups in total. The van der Waals surface area contributed by atoms with Gasteiger partial charge in [0.15, 0.2) is 5.82 Å². The van der Waals surface area contributed by atoms with Gasteiger partial charge in [0.2, 0.25) is 0 Å². The molecular weight excluding hydrogens is 285 g/mol. The van der Waals surface area contributed by atoms with Crippen molar-refractivity contribution < 1.29 is 4.39 Å². The van der Waals surface area contributed by atoms with Gasteiger partial charge in [-0.2, -0.15) is 10.4 Å². The highest BCUT2D eigenvalue weighted by Crippen LogP contribution is 2.27. The van der Waals surface area contributed by atoms with E-state index < -0.39 is 5.82 Å². The van der Waals surface area contributed by atoms with Crippen molar-refractivity contribution in [1.29, 1.82) is 5.26 Å². The number of rotatable bonds is 2. The van der Waals surface area contributed by atoms with Gasteiger partial charge in [-0.25, -0.2) is 9.49 Å². The molecule has 0 radical (unpaired) electrons. The summed E-state index contributed by atoms with van der Waals surface area (Å²) in [4.78, 5) is 15.6. The standard InChI is InChI=1S/C15H10FN5O/c16-14-9(4-17)6-19-7-12(14)8-1-2-10-11(3-8)13(5-18)20-21-15(10)22/h1-3,6-7H,5,18H2,(H,21,22). The lowest BCUT2D eigenvalue weighted by atomic mass is 10.0. The Bertz CT molecular complexity index is 974. The van der Waals surface area contributed by atoms with E-state index in [1.54, 1.807) is 24.3 Å². The van der Waals surface area contributed by atoms with Gasteiger partial charge < -0.3 is 5.73 Å². The largest absolute Gasteiger partial charge is 0.325 e. The van der Waals surface area contributed by atoms with E-state index in [2.05, 4.69) is 15.2 Å². The predicted octanol–water partition coefficient (Wildman–Crippen LogP) is 1.45. The highest BCUT2D eigenvalue weighted by molar-refractivity contribution is 5.88. The molecule has 3 aromatic rings. The van der Waals surface area contributed by atoms with Crippen LogP contribution in [-0.2, 0) is 6.54 Å². The molecule has 7 heteroatoms. The molecule has 2 aromatic heterocycles. The number of benzene rings is 1. The first-order chi connectivity index (χ1) is 10.7. The number of hydrogen-bond donors (Lipinski definition) is 2. The van der Waals surface area contributed by atoms with Crippen molar-refractivity contribution in [1.82, 2.24) is 15.2 Å². The molecule has 0 spiro atoms. The van der Waals surface area contributed by atoms with Crippen LogP contribution in [0.1, 0.15) is 11.3 Å². The molecule has 0 unspecified atom stereocenters. The smallest absolute Gasteiger partial charge is 0.272 e. The van der Waals surface area contributed by atoms with Gasteiger partial charge in [0.25, 0.3) is 5.56 Å². The van der Waals surface area contributed by atoms with Gasteiger partial charge in [-0.15, -0.1) is 0 Å². The fourth-order valence-electron chi connectivity index (χ4n) is 2.27. The molecule has 3 rings (SSSR count). The van der Waals surface area contributed by atoms with Crippen molar-refractivity contribution in [3.63, 3.8) is 0 Å². The normalized spacial score (nSPS) is 10.6. The van der Waals surface area contributed by atoms with Crippen LogP contribution in [0.3, 0.4) is 0 Å². The zero-order chi connectivity index (χ0) is 15.7. The Kier molecular flexibility index (Phi) is 3.37. The number of aromatic amines is 1. The van der Waals surface area contributed by atoms with Crippen molar-refractivity contribution in [2.75, 3.05) is 0 Å². The fourth-order valence-corrected chi connectivity index (χ4v) is 2.27. The second-order valence-corrected chi connectivity index (χ2v) is 4.62. The molecule has 6 nitrogen and oxygen atoms in total. The van der Waals surface area contributed by atoms with Gasteiger partial charge in [0.05, 0.1) is 11.1 Å². The number of nitriles is 1. The number of nitrogens with zero attached hydrogens (tertiary/aromatic N) is 3. The number of pyridine rings is 1. The number of aromatic nitrogens is 3. The van der Waals surface area contributed by atoms with Crippen LogP contribution < -0.4 is 11.3 Å². The van der Waals surface area contributed by atoms with Crippen LogP contribution in [0.2, 0.25) is 0 Å². The molecule has 0 bridgehead atoms. The molecule has 0 saturated carbocycles. The molecule has 0 amide bonds. The number of H-pyrrole nitrogens is 1. The Labute approximate surface area is 124 Å². The van der Waals surface area contributed by atoms with Crippen molar-refractivity contribution in [3.8, 4) is 17.2 Å². The molecular formula is C15H10FN5O. The molecule has 22 heavy (non-hydrogen) atoms. The molecule has 0 aliphatic rings.